The van der Waals surface area contributed by atoms with Crippen molar-refractivity contribution in [2.75, 3.05) is 26.3 Å². The van der Waals surface area contributed by atoms with E-state index in [0.29, 0.717) is 25.7 Å². The summed E-state index contributed by atoms with van der Waals surface area (Å²) in [6, 6.07) is 5.77. The number of rotatable bonds is 5. The summed E-state index contributed by atoms with van der Waals surface area (Å²) in [6.45, 7) is 6.98. The van der Waals surface area contributed by atoms with Crippen molar-refractivity contribution in [2.24, 2.45) is 5.92 Å². The van der Waals surface area contributed by atoms with Gasteiger partial charge in [0, 0.05) is 25.2 Å². The van der Waals surface area contributed by atoms with Crippen molar-refractivity contribution in [1.82, 2.24) is 5.32 Å². The topological polar surface area (TPSA) is 21.3 Å². The van der Waals surface area contributed by atoms with E-state index in [9.17, 15) is 13.2 Å². The Bertz CT molecular complexity index is 479. The third-order valence-corrected chi connectivity index (χ3v) is 4.27. The van der Waals surface area contributed by atoms with Gasteiger partial charge in [-0.1, -0.05) is 32.0 Å². The third kappa shape index (κ3) is 4.23. The highest BCUT2D eigenvalue weighted by molar-refractivity contribution is 5.32. The summed E-state index contributed by atoms with van der Waals surface area (Å²) in [4.78, 5) is 0. The molecular weight excluding hydrogens is 291 g/mol. The van der Waals surface area contributed by atoms with Gasteiger partial charge < -0.3 is 10.1 Å². The van der Waals surface area contributed by atoms with Crippen LogP contribution in [0.4, 0.5) is 13.2 Å². The highest BCUT2D eigenvalue weighted by Crippen LogP contribution is 2.37. The fourth-order valence-corrected chi connectivity index (χ4v) is 2.96. The van der Waals surface area contributed by atoms with Gasteiger partial charge in [-0.25, -0.2) is 0 Å². The molecule has 0 aliphatic carbocycles. The number of hydrogen-bond acceptors (Lipinski definition) is 2. The maximum Gasteiger partial charge on any atom is 0.416 e. The molecule has 1 N–H and O–H groups in total. The molecule has 1 aromatic carbocycles. The molecule has 0 atom stereocenters. The second-order valence-corrected chi connectivity index (χ2v) is 6.50. The lowest BCUT2D eigenvalue weighted by Crippen LogP contribution is -2.43. The van der Waals surface area contributed by atoms with E-state index in [1.54, 1.807) is 0 Å². The first-order valence-corrected chi connectivity index (χ1v) is 7.80. The van der Waals surface area contributed by atoms with Gasteiger partial charge in [0.05, 0.1) is 5.56 Å². The van der Waals surface area contributed by atoms with Crippen molar-refractivity contribution in [3.8, 4) is 0 Å². The van der Waals surface area contributed by atoms with E-state index in [1.807, 2.05) is 6.07 Å². The Hall–Kier alpha value is -1.07. The molecule has 1 fully saturated rings. The summed E-state index contributed by atoms with van der Waals surface area (Å²) in [7, 11) is 0. The molecule has 1 aliphatic rings. The molecule has 0 unspecified atom stereocenters. The van der Waals surface area contributed by atoms with Crippen LogP contribution in [0.1, 0.15) is 37.8 Å². The van der Waals surface area contributed by atoms with Crippen LogP contribution in [0, 0.1) is 5.92 Å². The van der Waals surface area contributed by atoms with Gasteiger partial charge in [0.1, 0.15) is 0 Å². The predicted molar refractivity (Wildman–Crippen MR) is 80.9 cm³/mol. The number of hydrogen-bond donors (Lipinski definition) is 1. The summed E-state index contributed by atoms with van der Waals surface area (Å²) in [5.74, 6) is 0.512. The van der Waals surface area contributed by atoms with Gasteiger partial charge >= 0.3 is 6.18 Å². The molecule has 5 heteroatoms. The minimum atomic E-state index is -4.30. The van der Waals surface area contributed by atoms with Crippen LogP contribution < -0.4 is 5.32 Å². The average Bonchev–Trinajstić information content (AvgIpc) is 2.47. The van der Waals surface area contributed by atoms with E-state index in [4.69, 9.17) is 4.74 Å². The maximum absolute atomic E-state index is 13.0. The van der Waals surface area contributed by atoms with Gasteiger partial charge in [-0.2, -0.15) is 13.2 Å². The molecule has 0 saturated carbocycles. The Balaban J connectivity index is 2.25. The van der Waals surface area contributed by atoms with E-state index in [-0.39, 0.29) is 5.41 Å². The fourth-order valence-electron chi connectivity index (χ4n) is 2.96. The van der Waals surface area contributed by atoms with E-state index in [0.717, 1.165) is 31.0 Å². The highest BCUT2D eigenvalue weighted by atomic mass is 19.4. The van der Waals surface area contributed by atoms with Gasteiger partial charge in [-0.15, -0.1) is 0 Å². The lowest BCUT2D eigenvalue weighted by atomic mass is 9.73. The Morgan fingerprint density at radius 2 is 1.91 bits per heavy atom. The number of alkyl halides is 3. The molecule has 2 rings (SSSR count). The zero-order valence-electron chi connectivity index (χ0n) is 13.2. The smallest absolute Gasteiger partial charge is 0.381 e. The SMILES string of the molecule is CC(C)CNCC1(c2cccc(C(F)(F)F)c2)CCOCC1. The minimum absolute atomic E-state index is 0.269. The van der Waals surface area contributed by atoms with Crippen LogP contribution in [0.15, 0.2) is 24.3 Å². The van der Waals surface area contributed by atoms with E-state index >= 15 is 0 Å². The summed E-state index contributed by atoms with van der Waals surface area (Å²) in [5, 5.41) is 3.42. The van der Waals surface area contributed by atoms with Crippen molar-refractivity contribution in [3.63, 3.8) is 0 Å². The third-order valence-electron chi connectivity index (χ3n) is 4.27. The van der Waals surface area contributed by atoms with Crippen molar-refractivity contribution in [2.45, 2.75) is 38.3 Å². The Morgan fingerprint density at radius 3 is 2.50 bits per heavy atom. The molecular formula is C17H24F3NO. The molecule has 22 heavy (non-hydrogen) atoms. The van der Waals surface area contributed by atoms with E-state index in [2.05, 4.69) is 19.2 Å². The van der Waals surface area contributed by atoms with Gasteiger partial charge in [0.2, 0.25) is 0 Å². The van der Waals surface area contributed by atoms with E-state index in [1.165, 1.54) is 12.1 Å². The van der Waals surface area contributed by atoms with Crippen molar-refractivity contribution >= 4 is 0 Å². The quantitative estimate of drug-likeness (QED) is 0.887. The molecule has 1 heterocycles. The van der Waals surface area contributed by atoms with Crippen molar-refractivity contribution in [1.29, 1.82) is 0 Å². The van der Waals surface area contributed by atoms with Gasteiger partial charge in [-0.3, -0.25) is 0 Å². The monoisotopic (exact) mass is 315 g/mol. The Morgan fingerprint density at radius 1 is 1.23 bits per heavy atom. The molecule has 1 saturated heterocycles. The highest BCUT2D eigenvalue weighted by Gasteiger charge is 2.37. The molecule has 1 aromatic rings. The Labute approximate surface area is 130 Å². The molecule has 0 radical (unpaired) electrons. The number of ether oxygens (including phenoxy) is 1. The molecule has 2 nitrogen and oxygen atoms in total. The molecule has 0 amide bonds. The van der Waals surface area contributed by atoms with Gasteiger partial charge in [0.15, 0.2) is 0 Å². The number of halogens is 3. The van der Waals surface area contributed by atoms with Gasteiger partial charge in [0.25, 0.3) is 0 Å². The van der Waals surface area contributed by atoms with Crippen molar-refractivity contribution < 1.29 is 17.9 Å². The van der Waals surface area contributed by atoms with Crippen LogP contribution in [0.5, 0.6) is 0 Å². The van der Waals surface area contributed by atoms with Crippen LogP contribution in [-0.2, 0) is 16.3 Å². The molecule has 0 aromatic heterocycles. The zero-order chi connectivity index (χ0) is 16.2. The lowest BCUT2D eigenvalue weighted by molar-refractivity contribution is -0.137. The van der Waals surface area contributed by atoms with Gasteiger partial charge in [-0.05, 0) is 36.9 Å². The predicted octanol–water partition coefficient (Wildman–Crippen LogP) is 4.00. The van der Waals surface area contributed by atoms with Crippen molar-refractivity contribution in [3.05, 3.63) is 35.4 Å². The summed E-state index contributed by atoms with van der Waals surface area (Å²) in [6.07, 6.45) is -2.80. The Kier molecular flexibility index (Phi) is 5.50. The number of nitrogens with one attached hydrogen (secondary N) is 1. The van der Waals surface area contributed by atoms with Crippen LogP contribution in [0.25, 0.3) is 0 Å². The first kappa shape index (κ1) is 17.3. The summed E-state index contributed by atoms with van der Waals surface area (Å²) < 4.78 is 44.4. The maximum atomic E-state index is 13.0. The summed E-state index contributed by atoms with van der Waals surface area (Å²) in [5.41, 5.74) is -0.0735. The second kappa shape index (κ2) is 7.01. The molecule has 124 valence electrons. The number of benzene rings is 1. The fraction of sp³-hybridized carbons (Fsp3) is 0.647. The first-order valence-electron chi connectivity index (χ1n) is 7.80. The second-order valence-electron chi connectivity index (χ2n) is 6.50. The lowest BCUT2D eigenvalue weighted by Gasteiger charge is -2.38. The molecule has 1 aliphatic heterocycles. The van der Waals surface area contributed by atoms with Crippen LogP contribution >= 0.6 is 0 Å². The average molecular weight is 315 g/mol. The minimum Gasteiger partial charge on any atom is -0.381 e. The standard InChI is InChI=1S/C17H24F3NO/c1-13(2)11-21-12-16(6-8-22-9-7-16)14-4-3-5-15(10-14)17(18,19)20/h3-5,10,13,21H,6-9,11-12H2,1-2H3. The first-order chi connectivity index (χ1) is 10.3. The van der Waals surface area contributed by atoms with E-state index < -0.39 is 11.7 Å². The van der Waals surface area contributed by atoms with Crippen LogP contribution in [0.3, 0.4) is 0 Å². The molecule has 0 spiro atoms. The largest absolute Gasteiger partial charge is 0.416 e. The normalized spacial score (nSPS) is 18.6. The molecule has 0 bridgehead atoms. The van der Waals surface area contributed by atoms with Crippen LogP contribution in [0.2, 0.25) is 0 Å². The zero-order valence-corrected chi connectivity index (χ0v) is 13.2. The van der Waals surface area contributed by atoms with Crippen LogP contribution in [-0.4, -0.2) is 26.3 Å². The summed E-state index contributed by atoms with van der Waals surface area (Å²) >= 11 is 0.